The van der Waals surface area contributed by atoms with E-state index in [-0.39, 0.29) is 23.4 Å². The number of fused-ring (bicyclic) bond motifs is 1. The lowest BCUT2D eigenvalue weighted by Gasteiger charge is -2.20. The smallest absolute Gasteiger partial charge is 0.252 e. The van der Waals surface area contributed by atoms with Crippen molar-refractivity contribution in [2.75, 3.05) is 25.0 Å². The summed E-state index contributed by atoms with van der Waals surface area (Å²) in [5.41, 5.74) is 1.67. The van der Waals surface area contributed by atoms with Crippen LogP contribution in [0.3, 0.4) is 0 Å². The first kappa shape index (κ1) is 17.0. The summed E-state index contributed by atoms with van der Waals surface area (Å²) < 4.78 is 1.87. The molecule has 1 amide bonds. The molecule has 4 rings (SSSR count). The summed E-state index contributed by atoms with van der Waals surface area (Å²) in [7, 11) is 1.67. The van der Waals surface area contributed by atoms with E-state index in [9.17, 15) is 9.59 Å². The lowest BCUT2D eigenvalue weighted by molar-refractivity contribution is -0.123. The standard InChI is InChI=1S/C19H25N5O2/c1-12-9-16(25)24(14-5-3-4-6-14)17-15(12)10-21-19(22-17)23-8-7-13(11-23)18(26)20-2/h9-10,13-14H,3-8,11H2,1-2H3,(H,20,26). The Morgan fingerprint density at radius 1 is 1.27 bits per heavy atom. The molecule has 7 heteroatoms. The summed E-state index contributed by atoms with van der Waals surface area (Å²) in [5.74, 6) is 0.640. The summed E-state index contributed by atoms with van der Waals surface area (Å²) in [4.78, 5) is 36.0. The van der Waals surface area contributed by atoms with Gasteiger partial charge in [-0.15, -0.1) is 0 Å². The van der Waals surface area contributed by atoms with E-state index in [4.69, 9.17) is 4.98 Å². The number of aryl methyl sites for hydroxylation is 1. The van der Waals surface area contributed by atoms with Crippen molar-refractivity contribution < 1.29 is 4.79 Å². The molecule has 1 unspecified atom stereocenters. The Kier molecular flexibility index (Phi) is 4.38. The summed E-state index contributed by atoms with van der Waals surface area (Å²) in [6, 6.07) is 1.92. The molecule has 1 saturated heterocycles. The number of anilines is 1. The van der Waals surface area contributed by atoms with E-state index in [1.807, 2.05) is 22.6 Å². The van der Waals surface area contributed by atoms with Gasteiger partial charge in [0, 0.05) is 43.8 Å². The average Bonchev–Trinajstić information content (AvgIpc) is 3.32. The molecule has 1 saturated carbocycles. The monoisotopic (exact) mass is 355 g/mol. The number of carbonyl (C=O) groups is 1. The maximum atomic E-state index is 12.7. The van der Waals surface area contributed by atoms with Crippen molar-refractivity contribution in [3.05, 3.63) is 28.2 Å². The van der Waals surface area contributed by atoms with E-state index in [0.29, 0.717) is 12.5 Å². The highest BCUT2D eigenvalue weighted by Gasteiger charge is 2.30. The van der Waals surface area contributed by atoms with Gasteiger partial charge in [-0.2, -0.15) is 4.98 Å². The van der Waals surface area contributed by atoms with Gasteiger partial charge in [0.25, 0.3) is 5.56 Å². The highest BCUT2D eigenvalue weighted by molar-refractivity contribution is 5.81. The Hall–Kier alpha value is -2.44. The van der Waals surface area contributed by atoms with Gasteiger partial charge in [0.2, 0.25) is 11.9 Å². The normalized spacial score (nSPS) is 20.8. The van der Waals surface area contributed by atoms with E-state index in [1.54, 1.807) is 13.1 Å². The van der Waals surface area contributed by atoms with Crippen molar-refractivity contribution in [3.8, 4) is 0 Å². The second kappa shape index (κ2) is 6.70. The van der Waals surface area contributed by atoms with Crippen molar-refractivity contribution in [2.45, 2.75) is 45.1 Å². The fraction of sp³-hybridized carbons (Fsp3) is 0.579. The molecular weight excluding hydrogens is 330 g/mol. The van der Waals surface area contributed by atoms with Crippen LogP contribution in [-0.4, -0.2) is 40.6 Å². The average molecular weight is 355 g/mol. The molecule has 1 N–H and O–H groups in total. The Morgan fingerprint density at radius 2 is 2.04 bits per heavy atom. The number of pyridine rings is 1. The largest absolute Gasteiger partial charge is 0.359 e. The van der Waals surface area contributed by atoms with Crippen LogP contribution in [-0.2, 0) is 4.79 Å². The molecule has 0 aromatic carbocycles. The van der Waals surface area contributed by atoms with Crippen molar-refractivity contribution in [1.82, 2.24) is 19.9 Å². The molecule has 0 spiro atoms. The predicted molar refractivity (Wildman–Crippen MR) is 100 cm³/mol. The summed E-state index contributed by atoms with van der Waals surface area (Å²) in [6.45, 7) is 3.30. The van der Waals surface area contributed by atoms with Gasteiger partial charge < -0.3 is 10.2 Å². The number of nitrogens with one attached hydrogen (secondary N) is 1. The number of carbonyl (C=O) groups excluding carboxylic acids is 1. The van der Waals surface area contributed by atoms with Crippen molar-refractivity contribution in [2.24, 2.45) is 5.92 Å². The van der Waals surface area contributed by atoms with Crippen LogP contribution in [0.5, 0.6) is 0 Å². The Labute approximate surface area is 152 Å². The third kappa shape index (κ3) is 2.85. The highest BCUT2D eigenvalue weighted by Crippen LogP contribution is 2.31. The van der Waals surface area contributed by atoms with Crippen LogP contribution in [0.1, 0.15) is 43.7 Å². The molecule has 3 heterocycles. The minimum absolute atomic E-state index is 0.0243. The number of aromatic nitrogens is 3. The Balaban J connectivity index is 1.75. The van der Waals surface area contributed by atoms with Crippen LogP contribution >= 0.6 is 0 Å². The molecule has 26 heavy (non-hydrogen) atoms. The van der Waals surface area contributed by atoms with Gasteiger partial charge in [-0.3, -0.25) is 14.2 Å². The first-order valence-electron chi connectivity index (χ1n) is 9.44. The van der Waals surface area contributed by atoms with Gasteiger partial charge in [0.15, 0.2) is 0 Å². The topological polar surface area (TPSA) is 80.1 Å². The molecule has 0 radical (unpaired) electrons. The molecule has 0 bridgehead atoms. The number of hydrogen-bond acceptors (Lipinski definition) is 5. The van der Waals surface area contributed by atoms with Crippen molar-refractivity contribution in [3.63, 3.8) is 0 Å². The number of amides is 1. The van der Waals surface area contributed by atoms with Crippen LogP contribution in [0.2, 0.25) is 0 Å². The second-order valence-corrected chi connectivity index (χ2v) is 7.43. The Bertz CT molecular complexity index is 901. The molecule has 2 aromatic heterocycles. The quantitative estimate of drug-likeness (QED) is 0.908. The van der Waals surface area contributed by atoms with Crippen LogP contribution < -0.4 is 15.8 Å². The van der Waals surface area contributed by atoms with Gasteiger partial charge in [0.1, 0.15) is 5.65 Å². The Morgan fingerprint density at radius 3 is 2.77 bits per heavy atom. The van der Waals surface area contributed by atoms with Crippen LogP contribution in [0.25, 0.3) is 11.0 Å². The molecular formula is C19H25N5O2. The van der Waals surface area contributed by atoms with Crippen LogP contribution in [0.15, 0.2) is 17.1 Å². The number of rotatable bonds is 3. The number of hydrogen-bond donors (Lipinski definition) is 1. The highest BCUT2D eigenvalue weighted by atomic mass is 16.2. The maximum Gasteiger partial charge on any atom is 0.252 e. The number of nitrogens with zero attached hydrogens (tertiary/aromatic N) is 4. The third-order valence-electron chi connectivity index (χ3n) is 5.76. The van der Waals surface area contributed by atoms with E-state index in [1.165, 1.54) is 0 Å². The predicted octanol–water partition coefficient (Wildman–Crippen LogP) is 1.79. The lowest BCUT2D eigenvalue weighted by Crippen LogP contribution is -2.31. The zero-order valence-electron chi connectivity index (χ0n) is 15.4. The zero-order chi connectivity index (χ0) is 18.3. The van der Waals surface area contributed by atoms with Crippen molar-refractivity contribution in [1.29, 1.82) is 0 Å². The van der Waals surface area contributed by atoms with Crippen LogP contribution in [0.4, 0.5) is 5.95 Å². The lowest BCUT2D eigenvalue weighted by atomic mass is 10.1. The van der Waals surface area contributed by atoms with E-state index < -0.39 is 0 Å². The molecule has 2 fully saturated rings. The van der Waals surface area contributed by atoms with Gasteiger partial charge in [-0.25, -0.2) is 4.98 Å². The van der Waals surface area contributed by atoms with Gasteiger partial charge in [-0.05, 0) is 31.7 Å². The van der Waals surface area contributed by atoms with E-state index in [2.05, 4.69) is 10.3 Å². The summed E-state index contributed by atoms with van der Waals surface area (Å²) in [6.07, 6.45) is 6.99. The molecule has 7 nitrogen and oxygen atoms in total. The maximum absolute atomic E-state index is 12.7. The molecule has 1 atom stereocenters. The molecule has 2 aromatic rings. The molecule has 2 aliphatic rings. The molecule has 1 aliphatic heterocycles. The van der Waals surface area contributed by atoms with Gasteiger partial charge in [-0.1, -0.05) is 12.8 Å². The first-order chi connectivity index (χ1) is 12.6. The third-order valence-corrected chi connectivity index (χ3v) is 5.76. The molecule has 138 valence electrons. The van der Waals surface area contributed by atoms with Gasteiger partial charge >= 0.3 is 0 Å². The van der Waals surface area contributed by atoms with Crippen LogP contribution in [0, 0.1) is 12.8 Å². The van der Waals surface area contributed by atoms with Gasteiger partial charge in [0.05, 0.1) is 5.92 Å². The molecule has 1 aliphatic carbocycles. The van der Waals surface area contributed by atoms with Crippen molar-refractivity contribution >= 4 is 22.9 Å². The first-order valence-corrected chi connectivity index (χ1v) is 9.44. The minimum atomic E-state index is -0.0335. The summed E-state index contributed by atoms with van der Waals surface area (Å²) >= 11 is 0. The minimum Gasteiger partial charge on any atom is -0.359 e. The summed E-state index contributed by atoms with van der Waals surface area (Å²) in [5, 5.41) is 3.65. The fourth-order valence-corrected chi connectivity index (χ4v) is 4.29. The van der Waals surface area contributed by atoms with E-state index >= 15 is 0 Å². The zero-order valence-corrected chi connectivity index (χ0v) is 15.4. The fourth-order valence-electron chi connectivity index (χ4n) is 4.29. The van der Waals surface area contributed by atoms with E-state index in [0.717, 1.165) is 55.2 Å². The second-order valence-electron chi connectivity index (χ2n) is 7.43. The SMILES string of the molecule is CNC(=O)C1CCN(c2ncc3c(C)cc(=O)n(C4CCCC4)c3n2)C1.